The van der Waals surface area contributed by atoms with Gasteiger partial charge in [0.1, 0.15) is 11.4 Å². The molecule has 1 aromatic carbocycles. The van der Waals surface area contributed by atoms with Crippen LogP contribution < -0.4 is 0 Å². The first-order valence-electron chi connectivity index (χ1n) is 5.83. The molecule has 0 atom stereocenters. The number of esters is 1. The van der Waals surface area contributed by atoms with E-state index >= 15 is 0 Å². The van der Waals surface area contributed by atoms with Gasteiger partial charge in [-0.2, -0.15) is 4.31 Å². The van der Waals surface area contributed by atoms with Gasteiger partial charge in [0.15, 0.2) is 0 Å². The second kappa shape index (κ2) is 6.88. The van der Waals surface area contributed by atoms with E-state index in [9.17, 15) is 13.2 Å². The van der Waals surface area contributed by atoms with Crippen molar-refractivity contribution >= 4 is 27.6 Å². The Morgan fingerprint density at radius 2 is 1.95 bits per heavy atom. The lowest BCUT2D eigenvalue weighted by molar-refractivity contribution is -0.143. The Balaban J connectivity index is 3.03. The van der Waals surface area contributed by atoms with E-state index < -0.39 is 16.0 Å². The first kappa shape index (κ1) is 15.9. The highest BCUT2D eigenvalue weighted by atomic mass is 35.5. The van der Waals surface area contributed by atoms with E-state index in [1.165, 1.54) is 12.1 Å². The van der Waals surface area contributed by atoms with Crippen LogP contribution in [0.15, 0.2) is 29.2 Å². The number of ether oxygens (including phenoxy) is 1. The van der Waals surface area contributed by atoms with Gasteiger partial charge in [0.25, 0.3) is 0 Å². The summed E-state index contributed by atoms with van der Waals surface area (Å²) in [6.45, 7) is 3.36. The summed E-state index contributed by atoms with van der Waals surface area (Å²) in [6, 6.07) is 6.12. The third-order valence-electron chi connectivity index (χ3n) is 2.42. The zero-order chi connectivity index (χ0) is 14.5. The topological polar surface area (TPSA) is 63.7 Å². The Kier molecular flexibility index (Phi) is 5.78. The molecule has 0 aromatic heterocycles. The van der Waals surface area contributed by atoms with Crippen LogP contribution >= 0.6 is 11.6 Å². The monoisotopic (exact) mass is 305 g/mol. The van der Waals surface area contributed by atoms with Crippen LogP contribution in [0.1, 0.15) is 13.8 Å². The SMILES string of the molecule is CCOC(=O)CN(CC)S(=O)(=O)c1ccccc1Cl. The van der Waals surface area contributed by atoms with Crippen LogP contribution in [0.5, 0.6) is 0 Å². The minimum atomic E-state index is -3.79. The molecule has 0 bridgehead atoms. The van der Waals surface area contributed by atoms with Gasteiger partial charge < -0.3 is 4.74 Å². The summed E-state index contributed by atoms with van der Waals surface area (Å²) in [6.07, 6.45) is 0. The Hall–Kier alpha value is -1.11. The molecule has 5 nitrogen and oxygen atoms in total. The van der Waals surface area contributed by atoms with Gasteiger partial charge in [-0.25, -0.2) is 8.42 Å². The highest BCUT2D eigenvalue weighted by molar-refractivity contribution is 7.89. The number of benzene rings is 1. The smallest absolute Gasteiger partial charge is 0.321 e. The molecule has 0 spiro atoms. The Morgan fingerprint density at radius 3 is 2.47 bits per heavy atom. The number of nitrogens with zero attached hydrogens (tertiary/aromatic N) is 1. The Bertz CT molecular complexity index is 544. The van der Waals surface area contributed by atoms with Gasteiger partial charge in [0, 0.05) is 6.54 Å². The molecule has 0 saturated carbocycles. The highest BCUT2D eigenvalue weighted by Gasteiger charge is 2.27. The molecule has 0 aliphatic carbocycles. The molecule has 0 aliphatic rings. The number of carbonyl (C=O) groups is 1. The largest absolute Gasteiger partial charge is 0.465 e. The maximum Gasteiger partial charge on any atom is 0.321 e. The van der Waals surface area contributed by atoms with Gasteiger partial charge in [-0.3, -0.25) is 4.79 Å². The van der Waals surface area contributed by atoms with Gasteiger partial charge >= 0.3 is 5.97 Å². The summed E-state index contributed by atoms with van der Waals surface area (Å²) in [5, 5.41) is 0.129. The van der Waals surface area contributed by atoms with E-state index in [0.29, 0.717) is 0 Å². The second-order valence-electron chi connectivity index (χ2n) is 3.67. The van der Waals surface area contributed by atoms with Crippen LogP contribution in [0, 0.1) is 0 Å². The molecule has 19 heavy (non-hydrogen) atoms. The maximum atomic E-state index is 12.4. The van der Waals surface area contributed by atoms with Crippen molar-refractivity contribution in [1.82, 2.24) is 4.31 Å². The van der Waals surface area contributed by atoms with Crippen molar-refractivity contribution < 1.29 is 17.9 Å². The lowest BCUT2D eigenvalue weighted by Gasteiger charge is -2.20. The molecule has 1 aromatic rings. The Labute approximate surface area is 118 Å². The summed E-state index contributed by atoms with van der Waals surface area (Å²) in [7, 11) is -3.79. The quantitative estimate of drug-likeness (QED) is 0.753. The molecule has 0 heterocycles. The third kappa shape index (κ3) is 3.92. The van der Waals surface area contributed by atoms with E-state index in [1.807, 2.05) is 0 Å². The molecule has 0 N–H and O–H groups in total. The number of likely N-dealkylation sites (N-methyl/N-ethyl adjacent to an activating group) is 1. The van der Waals surface area contributed by atoms with Gasteiger partial charge in [-0.05, 0) is 19.1 Å². The van der Waals surface area contributed by atoms with Gasteiger partial charge in [-0.15, -0.1) is 0 Å². The predicted octanol–water partition coefficient (Wildman–Crippen LogP) is 1.91. The van der Waals surface area contributed by atoms with E-state index in [0.717, 1.165) is 4.31 Å². The average Bonchev–Trinajstić information content (AvgIpc) is 2.36. The van der Waals surface area contributed by atoms with Crippen molar-refractivity contribution in [2.75, 3.05) is 19.7 Å². The fourth-order valence-corrected chi connectivity index (χ4v) is 3.40. The summed E-state index contributed by atoms with van der Waals surface area (Å²) in [4.78, 5) is 11.4. The number of hydrogen-bond donors (Lipinski definition) is 0. The maximum absolute atomic E-state index is 12.4. The zero-order valence-corrected chi connectivity index (χ0v) is 12.4. The standard InChI is InChI=1S/C12H16ClNO4S/c1-3-14(9-12(15)18-4-2)19(16,17)11-8-6-5-7-10(11)13/h5-8H,3-4,9H2,1-2H3. The Morgan fingerprint density at radius 1 is 1.32 bits per heavy atom. The second-order valence-corrected chi connectivity index (χ2v) is 5.98. The van der Waals surface area contributed by atoms with E-state index in [-0.39, 0.29) is 29.6 Å². The van der Waals surface area contributed by atoms with Crippen molar-refractivity contribution in [2.45, 2.75) is 18.7 Å². The fourth-order valence-electron chi connectivity index (χ4n) is 1.51. The first-order valence-corrected chi connectivity index (χ1v) is 7.65. The number of sulfonamides is 1. The molecule has 0 radical (unpaired) electrons. The number of halogens is 1. The predicted molar refractivity (Wildman–Crippen MR) is 72.5 cm³/mol. The van der Waals surface area contributed by atoms with Crippen molar-refractivity contribution in [3.8, 4) is 0 Å². The van der Waals surface area contributed by atoms with Crippen LogP contribution in [0.2, 0.25) is 5.02 Å². The molecule has 7 heteroatoms. The minimum Gasteiger partial charge on any atom is -0.465 e. The third-order valence-corrected chi connectivity index (χ3v) is 4.84. The zero-order valence-electron chi connectivity index (χ0n) is 10.8. The molecule has 0 unspecified atom stereocenters. The molecule has 0 fully saturated rings. The van der Waals surface area contributed by atoms with Crippen LogP contribution in [-0.2, 0) is 19.6 Å². The molecule has 1 rings (SSSR count). The van der Waals surface area contributed by atoms with Crippen LogP contribution in [-0.4, -0.2) is 38.4 Å². The molecular formula is C12H16ClNO4S. The van der Waals surface area contributed by atoms with E-state index in [4.69, 9.17) is 16.3 Å². The van der Waals surface area contributed by atoms with Crippen LogP contribution in [0.4, 0.5) is 0 Å². The van der Waals surface area contributed by atoms with Crippen molar-refractivity contribution in [1.29, 1.82) is 0 Å². The summed E-state index contributed by atoms with van der Waals surface area (Å²) in [5.74, 6) is -0.583. The lowest BCUT2D eigenvalue weighted by Crippen LogP contribution is -2.36. The van der Waals surface area contributed by atoms with Crippen molar-refractivity contribution in [3.05, 3.63) is 29.3 Å². The lowest BCUT2D eigenvalue weighted by atomic mass is 10.4. The van der Waals surface area contributed by atoms with Crippen LogP contribution in [0.25, 0.3) is 0 Å². The van der Waals surface area contributed by atoms with Gasteiger partial charge in [-0.1, -0.05) is 30.7 Å². The molecule has 106 valence electrons. The highest BCUT2D eigenvalue weighted by Crippen LogP contribution is 2.23. The average molecular weight is 306 g/mol. The van der Waals surface area contributed by atoms with Crippen LogP contribution in [0.3, 0.4) is 0 Å². The fraction of sp³-hybridized carbons (Fsp3) is 0.417. The van der Waals surface area contributed by atoms with Crippen molar-refractivity contribution in [3.63, 3.8) is 0 Å². The van der Waals surface area contributed by atoms with E-state index in [2.05, 4.69) is 0 Å². The molecule has 0 amide bonds. The molecule has 0 saturated heterocycles. The number of hydrogen-bond acceptors (Lipinski definition) is 4. The van der Waals surface area contributed by atoms with Gasteiger partial charge in [0.05, 0.1) is 11.6 Å². The molecule has 0 aliphatic heterocycles. The minimum absolute atomic E-state index is 0.0113. The molecular weight excluding hydrogens is 290 g/mol. The number of rotatable bonds is 6. The summed E-state index contributed by atoms with van der Waals surface area (Å²) >= 11 is 5.89. The normalized spacial score (nSPS) is 11.6. The van der Waals surface area contributed by atoms with Gasteiger partial charge in [0.2, 0.25) is 10.0 Å². The van der Waals surface area contributed by atoms with E-state index in [1.54, 1.807) is 26.0 Å². The summed E-state index contributed by atoms with van der Waals surface area (Å²) < 4.78 is 30.5. The van der Waals surface area contributed by atoms with Crippen molar-refractivity contribution in [2.24, 2.45) is 0 Å². The summed E-state index contributed by atoms with van der Waals surface area (Å²) in [5.41, 5.74) is 0. The number of carbonyl (C=O) groups excluding carboxylic acids is 1. The first-order chi connectivity index (χ1) is 8.93.